The molecule has 1 amide bonds. The van der Waals surface area contributed by atoms with Gasteiger partial charge in [-0.15, -0.1) is 0 Å². The molecule has 0 saturated carbocycles. The van der Waals surface area contributed by atoms with Crippen LogP contribution in [0.1, 0.15) is 19.2 Å². The Kier molecular flexibility index (Phi) is 4.11. The quantitative estimate of drug-likeness (QED) is 0.890. The van der Waals surface area contributed by atoms with Gasteiger partial charge in [0.05, 0.1) is 15.9 Å². The Labute approximate surface area is 135 Å². The average molecular weight is 336 g/mol. The predicted octanol–water partition coefficient (Wildman–Crippen LogP) is 1.11. The number of hydrogen-bond acceptors (Lipinski definition) is 4. The van der Waals surface area contributed by atoms with Gasteiger partial charge in [0, 0.05) is 33.1 Å². The molecular formula is C15H20N4O3S. The highest BCUT2D eigenvalue weighted by Crippen LogP contribution is 2.21. The molecule has 1 N–H and O–H groups in total. The number of benzene rings is 1. The van der Waals surface area contributed by atoms with Crippen molar-refractivity contribution in [2.24, 2.45) is 0 Å². The minimum Gasteiger partial charge on any atom is -0.342 e. The van der Waals surface area contributed by atoms with Gasteiger partial charge in [0.15, 0.2) is 0 Å². The van der Waals surface area contributed by atoms with Crippen molar-refractivity contribution in [2.45, 2.75) is 25.2 Å². The minimum atomic E-state index is -3.57. The van der Waals surface area contributed by atoms with E-state index in [1.54, 1.807) is 23.1 Å². The van der Waals surface area contributed by atoms with Crippen LogP contribution in [0.5, 0.6) is 0 Å². The van der Waals surface area contributed by atoms with E-state index in [1.807, 2.05) is 6.92 Å². The summed E-state index contributed by atoms with van der Waals surface area (Å²) in [6.45, 7) is 5.12. The highest BCUT2D eigenvalue weighted by atomic mass is 32.2. The molecule has 1 aromatic carbocycles. The van der Waals surface area contributed by atoms with Crippen molar-refractivity contribution in [3.63, 3.8) is 0 Å². The van der Waals surface area contributed by atoms with E-state index in [1.165, 1.54) is 11.2 Å². The fourth-order valence-corrected chi connectivity index (χ4v) is 4.37. The second-order valence-electron chi connectivity index (χ2n) is 5.76. The third-order valence-electron chi connectivity index (χ3n) is 4.11. The summed E-state index contributed by atoms with van der Waals surface area (Å²) in [5, 5.41) is 0. The number of nitrogens with one attached hydrogen (secondary N) is 1. The molecule has 124 valence electrons. The van der Waals surface area contributed by atoms with Crippen LogP contribution in [0.2, 0.25) is 0 Å². The average Bonchev–Trinajstić information content (AvgIpc) is 2.71. The summed E-state index contributed by atoms with van der Waals surface area (Å²) in [5.41, 5.74) is 1.46. The molecule has 0 bridgehead atoms. The van der Waals surface area contributed by atoms with E-state index in [-0.39, 0.29) is 10.8 Å². The predicted molar refractivity (Wildman–Crippen MR) is 86.5 cm³/mol. The molecule has 0 spiro atoms. The lowest BCUT2D eigenvalue weighted by Crippen LogP contribution is -2.36. The largest absolute Gasteiger partial charge is 0.342 e. The molecule has 0 aliphatic carbocycles. The molecule has 2 heterocycles. The van der Waals surface area contributed by atoms with Gasteiger partial charge < -0.3 is 9.88 Å². The lowest BCUT2D eigenvalue weighted by Gasteiger charge is -2.21. The number of amides is 1. The zero-order valence-electron chi connectivity index (χ0n) is 13.2. The molecule has 0 radical (unpaired) electrons. The maximum absolute atomic E-state index is 12.9. The number of aromatic amines is 1. The standard InChI is InChI=1S/C15H20N4O3S/c1-11-16-14-5-4-13(10-15(14)17-11)23(21,22)19-7-3-6-18(8-9-19)12(2)20/h4-5,10H,3,6-9H2,1-2H3,(H,16,17). The number of nitrogens with zero attached hydrogens (tertiary/aromatic N) is 3. The monoisotopic (exact) mass is 336 g/mol. The van der Waals surface area contributed by atoms with Crippen molar-refractivity contribution in [1.29, 1.82) is 0 Å². The smallest absolute Gasteiger partial charge is 0.243 e. The summed E-state index contributed by atoms with van der Waals surface area (Å²) >= 11 is 0. The van der Waals surface area contributed by atoms with Crippen LogP contribution in [0.25, 0.3) is 11.0 Å². The molecule has 1 aromatic heterocycles. The number of imidazole rings is 1. The molecule has 3 rings (SSSR count). The molecule has 0 unspecified atom stereocenters. The molecule has 1 fully saturated rings. The third kappa shape index (κ3) is 3.09. The molecule has 1 aliphatic rings. The molecule has 7 nitrogen and oxygen atoms in total. The van der Waals surface area contributed by atoms with E-state index in [4.69, 9.17) is 0 Å². The van der Waals surface area contributed by atoms with Crippen molar-refractivity contribution in [3.05, 3.63) is 24.0 Å². The number of fused-ring (bicyclic) bond motifs is 1. The molecule has 0 atom stereocenters. The fraction of sp³-hybridized carbons (Fsp3) is 0.467. The minimum absolute atomic E-state index is 0.0152. The normalized spacial score (nSPS) is 17.4. The van der Waals surface area contributed by atoms with Gasteiger partial charge in [0.25, 0.3) is 0 Å². The van der Waals surface area contributed by atoms with Crippen LogP contribution in [-0.2, 0) is 14.8 Å². The highest BCUT2D eigenvalue weighted by Gasteiger charge is 2.27. The Balaban J connectivity index is 1.88. The molecule has 2 aromatic rings. The summed E-state index contributed by atoms with van der Waals surface area (Å²) in [7, 11) is -3.57. The van der Waals surface area contributed by atoms with Gasteiger partial charge >= 0.3 is 0 Å². The Morgan fingerprint density at radius 2 is 2.00 bits per heavy atom. The summed E-state index contributed by atoms with van der Waals surface area (Å²) in [4.78, 5) is 20.8. The second kappa shape index (κ2) is 5.93. The van der Waals surface area contributed by atoms with Gasteiger partial charge in [0.1, 0.15) is 5.82 Å². The van der Waals surface area contributed by atoms with Crippen molar-refractivity contribution >= 4 is 27.0 Å². The molecule has 1 aliphatic heterocycles. The Bertz CT molecular complexity index is 844. The van der Waals surface area contributed by atoms with E-state index in [0.29, 0.717) is 38.1 Å². The maximum atomic E-state index is 12.9. The van der Waals surface area contributed by atoms with Crippen LogP contribution in [-0.4, -0.2) is 59.7 Å². The van der Waals surface area contributed by atoms with Crippen molar-refractivity contribution in [2.75, 3.05) is 26.2 Å². The van der Waals surface area contributed by atoms with Gasteiger partial charge in [0.2, 0.25) is 15.9 Å². The summed E-state index contributed by atoms with van der Waals surface area (Å²) < 4.78 is 27.2. The first-order chi connectivity index (χ1) is 10.9. The van der Waals surface area contributed by atoms with Crippen LogP contribution >= 0.6 is 0 Å². The topological polar surface area (TPSA) is 86.4 Å². The second-order valence-corrected chi connectivity index (χ2v) is 7.70. The Morgan fingerprint density at radius 3 is 2.74 bits per heavy atom. The first-order valence-electron chi connectivity index (χ1n) is 7.60. The number of hydrogen-bond donors (Lipinski definition) is 1. The van der Waals surface area contributed by atoms with Crippen molar-refractivity contribution < 1.29 is 13.2 Å². The van der Waals surface area contributed by atoms with Crippen LogP contribution in [0, 0.1) is 6.92 Å². The Hall–Kier alpha value is -1.93. The molecule has 1 saturated heterocycles. The summed E-state index contributed by atoms with van der Waals surface area (Å²) in [5.74, 6) is 0.736. The summed E-state index contributed by atoms with van der Waals surface area (Å²) in [6.07, 6.45) is 0.643. The first-order valence-corrected chi connectivity index (χ1v) is 9.04. The van der Waals surface area contributed by atoms with Gasteiger partial charge in [-0.1, -0.05) is 0 Å². The van der Waals surface area contributed by atoms with Crippen LogP contribution < -0.4 is 0 Å². The number of H-pyrrole nitrogens is 1. The van der Waals surface area contributed by atoms with Gasteiger partial charge in [-0.05, 0) is 31.5 Å². The molecular weight excluding hydrogens is 316 g/mol. The van der Waals surface area contributed by atoms with Crippen molar-refractivity contribution in [3.8, 4) is 0 Å². The SMILES string of the molecule is CC(=O)N1CCCN(S(=O)(=O)c2ccc3nc(C)[nH]c3c2)CC1. The fourth-order valence-electron chi connectivity index (χ4n) is 2.87. The van der Waals surface area contributed by atoms with E-state index in [0.717, 1.165) is 11.3 Å². The lowest BCUT2D eigenvalue weighted by atomic mass is 10.3. The van der Waals surface area contributed by atoms with Gasteiger partial charge in [-0.25, -0.2) is 13.4 Å². The van der Waals surface area contributed by atoms with E-state index in [2.05, 4.69) is 9.97 Å². The van der Waals surface area contributed by atoms with Crippen molar-refractivity contribution in [1.82, 2.24) is 19.2 Å². The highest BCUT2D eigenvalue weighted by molar-refractivity contribution is 7.89. The number of rotatable bonds is 2. The summed E-state index contributed by atoms with van der Waals surface area (Å²) in [6, 6.07) is 4.93. The van der Waals surface area contributed by atoms with E-state index >= 15 is 0 Å². The first kappa shape index (κ1) is 15.9. The number of sulfonamides is 1. The number of carbonyl (C=O) groups is 1. The number of aromatic nitrogens is 2. The lowest BCUT2D eigenvalue weighted by molar-refractivity contribution is -0.128. The molecule has 23 heavy (non-hydrogen) atoms. The molecule has 8 heteroatoms. The van der Waals surface area contributed by atoms with Crippen LogP contribution in [0.15, 0.2) is 23.1 Å². The van der Waals surface area contributed by atoms with E-state index < -0.39 is 10.0 Å². The maximum Gasteiger partial charge on any atom is 0.243 e. The van der Waals surface area contributed by atoms with Gasteiger partial charge in [-0.2, -0.15) is 4.31 Å². The zero-order chi connectivity index (χ0) is 16.6. The number of carbonyl (C=O) groups excluding carboxylic acids is 1. The Morgan fingerprint density at radius 1 is 1.22 bits per heavy atom. The van der Waals surface area contributed by atoms with Crippen LogP contribution in [0.3, 0.4) is 0 Å². The van der Waals surface area contributed by atoms with E-state index in [9.17, 15) is 13.2 Å². The third-order valence-corrected chi connectivity index (χ3v) is 6.00. The van der Waals surface area contributed by atoms with Gasteiger partial charge in [-0.3, -0.25) is 4.79 Å². The number of aryl methyl sites for hydroxylation is 1. The van der Waals surface area contributed by atoms with Crippen LogP contribution in [0.4, 0.5) is 0 Å². The zero-order valence-corrected chi connectivity index (χ0v) is 14.1.